The number of unbranched alkanes of at least 4 members (excludes halogenated alkanes) is 2. The van der Waals surface area contributed by atoms with Gasteiger partial charge >= 0.3 is 0 Å². The normalized spacial score (nSPS) is 11.3. The molecule has 0 aliphatic carbocycles. The number of aryl methyl sites for hydroxylation is 1. The molecule has 1 rings (SSSR count). The van der Waals surface area contributed by atoms with Gasteiger partial charge in [-0.2, -0.15) is 0 Å². The smallest absolute Gasteiger partial charge is 0.108 e. The molecule has 2 heteroatoms. The lowest BCUT2D eigenvalue weighted by Gasteiger charge is -2.03. The van der Waals surface area contributed by atoms with Gasteiger partial charge in [-0.05, 0) is 19.3 Å². The molecule has 0 saturated heterocycles. The van der Waals surface area contributed by atoms with E-state index < -0.39 is 0 Å². The van der Waals surface area contributed by atoms with Crippen LogP contribution in [0.2, 0.25) is 0 Å². The molecule has 0 aromatic carbocycles. The first kappa shape index (κ1) is 12.3. The molecule has 0 aliphatic heterocycles. The van der Waals surface area contributed by atoms with Crippen LogP contribution < -0.4 is 0 Å². The predicted molar refractivity (Wildman–Crippen MR) is 65.3 cm³/mol. The number of rotatable bonds is 5. The second-order valence-electron chi connectivity index (χ2n) is 4.67. The molecule has 0 N–H and O–H groups in total. The molecule has 0 aliphatic rings. The second kappa shape index (κ2) is 5.34. The van der Waals surface area contributed by atoms with Crippen LogP contribution in [-0.4, -0.2) is 9.55 Å². The van der Waals surface area contributed by atoms with Crippen molar-refractivity contribution < 1.29 is 0 Å². The molecule has 1 aromatic rings. The molecule has 0 amide bonds. The average Bonchev–Trinajstić information content (AvgIpc) is 2.46. The van der Waals surface area contributed by atoms with Gasteiger partial charge in [-0.25, -0.2) is 4.98 Å². The van der Waals surface area contributed by atoms with Gasteiger partial charge in [0.2, 0.25) is 0 Å². The van der Waals surface area contributed by atoms with E-state index in [2.05, 4.69) is 39.3 Å². The topological polar surface area (TPSA) is 17.8 Å². The Morgan fingerprint density at radius 2 is 1.93 bits per heavy atom. The van der Waals surface area contributed by atoms with Crippen molar-refractivity contribution in [3.63, 3.8) is 0 Å². The number of hydrogen-bond donors (Lipinski definition) is 0. The molecule has 1 aromatic heterocycles. The zero-order chi connectivity index (χ0) is 11.4. The van der Waals surface area contributed by atoms with Crippen LogP contribution in [0.3, 0.4) is 0 Å². The fourth-order valence-electron chi connectivity index (χ4n) is 1.96. The first-order chi connectivity index (χ1) is 7.07. The summed E-state index contributed by atoms with van der Waals surface area (Å²) < 4.78 is 2.25. The van der Waals surface area contributed by atoms with Gasteiger partial charge in [-0.15, -0.1) is 0 Å². The Bertz CT molecular complexity index is 311. The highest BCUT2D eigenvalue weighted by Gasteiger charge is 2.12. The lowest BCUT2D eigenvalue weighted by atomic mass is 10.1. The average molecular weight is 208 g/mol. The van der Waals surface area contributed by atoms with Crippen LogP contribution in [0.1, 0.15) is 63.2 Å². The quantitative estimate of drug-likeness (QED) is 0.676. The summed E-state index contributed by atoms with van der Waals surface area (Å²) in [5.41, 5.74) is 2.60. The summed E-state index contributed by atoms with van der Waals surface area (Å²) in [4.78, 5) is 4.74. The molecule has 15 heavy (non-hydrogen) atoms. The van der Waals surface area contributed by atoms with Crippen molar-refractivity contribution in [2.45, 2.75) is 59.3 Å². The van der Waals surface area contributed by atoms with Gasteiger partial charge < -0.3 is 4.57 Å². The molecule has 0 radical (unpaired) electrons. The van der Waals surface area contributed by atoms with Crippen LogP contribution in [0.5, 0.6) is 0 Å². The van der Waals surface area contributed by atoms with Gasteiger partial charge in [-0.3, -0.25) is 0 Å². The van der Waals surface area contributed by atoms with Gasteiger partial charge in [0.15, 0.2) is 0 Å². The van der Waals surface area contributed by atoms with Crippen molar-refractivity contribution in [1.29, 1.82) is 0 Å². The van der Waals surface area contributed by atoms with Crippen molar-refractivity contribution in [2.75, 3.05) is 0 Å². The largest absolute Gasteiger partial charge is 0.335 e. The van der Waals surface area contributed by atoms with Crippen LogP contribution >= 0.6 is 0 Å². The lowest BCUT2D eigenvalue weighted by molar-refractivity contribution is 0.666. The zero-order valence-corrected chi connectivity index (χ0v) is 10.8. The van der Waals surface area contributed by atoms with Gasteiger partial charge in [0.05, 0.1) is 5.69 Å². The fraction of sp³-hybridized carbons (Fsp3) is 0.769. The predicted octanol–water partition coefficient (Wildman–Crippen LogP) is 3.58. The van der Waals surface area contributed by atoms with Crippen LogP contribution in [0.25, 0.3) is 0 Å². The monoisotopic (exact) mass is 208 g/mol. The van der Waals surface area contributed by atoms with E-state index in [-0.39, 0.29) is 0 Å². The van der Waals surface area contributed by atoms with Gasteiger partial charge in [-0.1, -0.05) is 33.6 Å². The van der Waals surface area contributed by atoms with E-state index in [0.717, 1.165) is 6.42 Å². The third-order valence-electron chi connectivity index (χ3n) is 3.06. The minimum absolute atomic E-state index is 0.538. The van der Waals surface area contributed by atoms with E-state index in [1.807, 2.05) is 0 Å². The minimum atomic E-state index is 0.538. The molecule has 2 nitrogen and oxygen atoms in total. The van der Waals surface area contributed by atoms with E-state index in [9.17, 15) is 0 Å². The summed E-state index contributed by atoms with van der Waals surface area (Å²) in [6.07, 6.45) is 4.97. The fourth-order valence-corrected chi connectivity index (χ4v) is 1.96. The van der Waals surface area contributed by atoms with Gasteiger partial charge in [0, 0.05) is 19.2 Å². The molecule has 0 fully saturated rings. The van der Waals surface area contributed by atoms with Crippen LogP contribution in [-0.2, 0) is 13.5 Å². The van der Waals surface area contributed by atoms with E-state index in [0.29, 0.717) is 5.92 Å². The Morgan fingerprint density at radius 3 is 2.40 bits per heavy atom. The van der Waals surface area contributed by atoms with Crippen LogP contribution in [0.4, 0.5) is 0 Å². The lowest BCUT2D eigenvalue weighted by Crippen LogP contribution is -1.99. The third kappa shape index (κ3) is 2.83. The highest BCUT2D eigenvalue weighted by Crippen LogP contribution is 2.19. The zero-order valence-electron chi connectivity index (χ0n) is 10.8. The highest BCUT2D eigenvalue weighted by atomic mass is 15.1. The SMILES string of the molecule is CCCCCc1nc(C(C)C)c(C)n1C. The molecule has 86 valence electrons. The molecule has 0 unspecified atom stereocenters. The molecular formula is C13H24N2. The number of nitrogens with zero attached hydrogens (tertiary/aromatic N) is 2. The van der Waals surface area contributed by atoms with E-state index in [4.69, 9.17) is 4.98 Å². The maximum Gasteiger partial charge on any atom is 0.108 e. The number of aromatic nitrogens is 2. The molecule has 0 bridgehead atoms. The summed E-state index contributed by atoms with van der Waals surface area (Å²) in [6, 6.07) is 0. The van der Waals surface area contributed by atoms with E-state index >= 15 is 0 Å². The van der Waals surface area contributed by atoms with Crippen molar-refractivity contribution in [3.8, 4) is 0 Å². The summed E-state index contributed by atoms with van der Waals surface area (Å²) in [5.74, 6) is 1.79. The molecular weight excluding hydrogens is 184 g/mol. The maximum absolute atomic E-state index is 4.74. The Kier molecular flexibility index (Phi) is 4.37. The standard InChI is InChI=1S/C13H24N2/c1-6-7-8-9-12-14-13(10(2)3)11(4)15(12)5/h10H,6-9H2,1-5H3. The second-order valence-corrected chi connectivity index (χ2v) is 4.67. The highest BCUT2D eigenvalue weighted by molar-refractivity contribution is 5.18. The maximum atomic E-state index is 4.74. The van der Waals surface area contributed by atoms with Crippen molar-refractivity contribution in [3.05, 3.63) is 17.2 Å². The van der Waals surface area contributed by atoms with E-state index in [1.54, 1.807) is 0 Å². The third-order valence-corrected chi connectivity index (χ3v) is 3.06. The Balaban J connectivity index is 2.76. The van der Waals surface area contributed by atoms with Gasteiger partial charge in [0.25, 0.3) is 0 Å². The van der Waals surface area contributed by atoms with Gasteiger partial charge in [0.1, 0.15) is 5.82 Å². The van der Waals surface area contributed by atoms with Crippen molar-refractivity contribution >= 4 is 0 Å². The van der Waals surface area contributed by atoms with E-state index in [1.165, 1.54) is 36.5 Å². The summed E-state index contributed by atoms with van der Waals surface area (Å²) in [7, 11) is 2.13. The first-order valence-corrected chi connectivity index (χ1v) is 6.10. The molecule has 0 spiro atoms. The van der Waals surface area contributed by atoms with Crippen LogP contribution in [0.15, 0.2) is 0 Å². The summed E-state index contributed by atoms with van der Waals surface area (Å²) in [5, 5.41) is 0. The van der Waals surface area contributed by atoms with Crippen molar-refractivity contribution in [2.24, 2.45) is 7.05 Å². The molecule has 0 atom stereocenters. The summed E-state index contributed by atoms with van der Waals surface area (Å²) >= 11 is 0. The summed E-state index contributed by atoms with van der Waals surface area (Å²) in [6.45, 7) is 8.84. The Morgan fingerprint density at radius 1 is 1.27 bits per heavy atom. The first-order valence-electron chi connectivity index (χ1n) is 6.10. The van der Waals surface area contributed by atoms with Crippen molar-refractivity contribution in [1.82, 2.24) is 9.55 Å². The molecule has 1 heterocycles. The Hall–Kier alpha value is -0.790. The minimum Gasteiger partial charge on any atom is -0.335 e. The molecule has 0 saturated carbocycles. The number of imidazole rings is 1. The van der Waals surface area contributed by atoms with Crippen LogP contribution in [0, 0.1) is 6.92 Å². The number of hydrogen-bond acceptors (Lipinski definition) is 1. The Labute approximate surface area is 93.7 Å².